The van der Waals surface area contributed by atoms with E-state index in [1.54, 1.807) is 24.3 Å². The Morgan fingerprint density at radius 1 is 1.18 bits per heavy atom. The zero-order valence-electron chi connectivity index (χ0n) is 21.0. The van der Waals surface area contributed by atoms with Gasteiger partial charge < -0.3 is 20.2 Å². The first kappa shape index (κ1) is 26.9. The second kappa shape index (κ2) is 9.99. The molecule has 38 heavy (non-hydrogen) atoms. The summed E-state index contributed by atoms with van der Waals surface area (Å²) in [7, 11) is 0. The summed E-state index contributed by atoms with van der Waals surface area (Å²) in [6, 6.07) is 4.57. The molecule has 4 amide bonds. The van der Waals surface area contributed by atoms with E-state index in [1.165, 1.54) is 37.9 Å². The summed E-state index contributed by atoms with van der Waals surface area (Å²) in [4.78, 5) is 50.1. The van der Waals surface area contributed by atoms with Crippen LogP contribution in [0.25, 0.3) is 0 Å². The highest BCUT2D eigenvalue weighted by atomic mass is 19.4. The van der Waals surface area contributed by atoms with E-state index in [1.807, 2.05) is 10.2 Å². The van der Waals surface area contributed by atoms with Crippen LogP contribution in [0.4, 0.5) is 40.1 Å². The maximum Gasteiger partial charge on any atom is 0.410 e. The third-order valence-corrected chi connectivity index (χ3v) is 6.41. The predicted octanol–water partition coefficient (Wildman–Crippen LogP) is 3.55. The van der Waals surface area contributed by atoms with Gasteiger partial charge in [0.2, 0.25) is 0 Å². The maximum absolute atomic E-state index is 13.8. The molecule has 2 atom stereocenters. The van der Waals surface area contributed by atoms with Crippen molar-refractivity contribution in [2.45, 2.75) is 51.0 Å². The zero-order valence-corrected chi connectivity index (χ0v) is 21.0. The number of alkyl halides is 3. The van der Waals surface area contributed by atoms with E-state index in [4.69, 9.17) is 0 Å². The third-order valence-electron chi connectivity index (χ3n) is 6.41. The van der Waals surface area contributed by atoms with E-state index < -0.39 is 42.3 Å². The maximum atomic E-state index is 13.8. The average Bonchev–Trinajstić information content (AvgIpc) is 3.24. The van der Waals surface area contributed by atoms with Gasteiger partial charge >= 0.3 is 18.3 Å². The number of carboxylic acid groups (broad SMARTS) is 1. The topological polar surface area (TPSA) is 131 Å². The number of fused-ring (bicyclic) bond motifs is 4. The summed E-state index contributed by atoms with van der Waals surface area (Å²) in [5, 5.41) is 14.0. The Labute approximate surface area is 216 Å². The molecule has 2 aliphatic heterocycles. The van der Waals surface area contributed by atoms with Gasteiger partial charge in [0, 0.05) is 24.8 Å². The van der Waals surface area contributed by atoms with E-state index in [2.05, 4.69) is 15.3 Å². The number of anilines is 3. The van der Waals surface area contributed by atoms with Crippen molar-refractivity contribution in [3.63, 3.8) is 0 Å². The highest BCUT2D eigenvalue weighted by Crippen LogP contribution is 2.39. The van der Waals surface area contributed by atoms with Crippen molar-refractivity contribution in [1.82, 2.24) is 20.2 Å². The standard InChI is InChI=1S/C24H28F3N7O4/c1-23(2,3)33(22(37)38)13-17(24(25,26)27)30-20(35)15-7-8-16-19(29-15)34(14-9-11-32(16)12-14)21(36)31-18-6-4-5-10-28-18/h4-8,10,14,17H,9,11-13H2,1-3H3,(H,30,35)(H,37,38)(H,28,31,36)/t14-,17?/m0/s1. The molecule has 4 rings (SSSR count). The van der Waals surface area contributed by atoms with Gasteiger partial charge in [-0.05, 0) is 51.5 Å². The lowest BCUT2D eigenvalue weighted by Crippen LogP contribution is -2.57. The van der Waals surface area contributed by atoms with Crippen molar-refractivity contribution in [2.75, 3.05) is 34.8 Å². The van der Waals surface area contributed by atoms with Gasteiger partial charge in [0.15, 0.2) is 5.82 Å². The Balaban J connectivity index is 1.61. The number of rotatable bonds is 5. The molecule has 1 unspecified atom stereocenters. The number of carbonyl (C=O) groups is 3. The number of halogens is 3. The molecule has 204 valence electrons. The fourth-order valence-corrected chi connectivity index (χ4v) is 4.49. The molecule has 0 radical (unpaired) electrons. The van der Waals surface area contributed by atoms with Gasteiger partial charge in [-0.25, -0.2) is 19.6 Å². The first-order valence-corrected chi connectivity index (χ1v) is 11.9. The monoisotopic (exact) mass is 535 g/mol. The first-order chi connectivity index (χ1) is 17.8. The van der Waals surface area contributed by atoms with E-state index in [-0.39, 0.29) is 17.6 Å². The van der Waals surface area contributed by atoms with E-state index >= 15 is 0 Å². The Morgan fingerprint density at radius 2 is 1.92 bits per heavy atom. The van der Waals surface area contributed by atoms with Crippen molar-refractivity contribution in [3.05, 3.63) is 42.2 Å². The average molecular weight is 536 g/mol. The van der Waals surface area contributed by atoms with E-state index in [9.17, 15) is 32.7 Å². The number of hydrogen-bond donors (Lipinski definition) is 3. The molecule has 0 aliphatic carbocycles. The molecule has 11 nitrogen and oxygen atoms in total. The Bertz CT molecular complexity index is 1220. The van der Waals surface area contributed by atoms with E-state index in [0.717, 1.165) is 0 Å². The lowest BCUT2D eigenvalue weighted by atomic mass is 10.1. The molecule has 2 aromatic rings. The normalized spacial score (nSPS) is 17.5. The summed E-state index contributed by atoms with van der Waals surface area (Å²) in [5.41, 5.74) is -0.906. The number of nitrogens with one attached hydrogen (secondary N) is 2. The Kier molecular flexibility index (Phi) is 7.08. The van der Waals surface area contributed by atoms with Gasteiger partial charge in [-0.1, -0.05) is 6.07 Å². The predicted molar refractivity (Wildman–Crippen MR) is 132 cm³/mol. The van der Waals surface area contributed by atoms with Crippen LogP contribution in [0.15, 0.2) is 36.5 Å². The number of carbonyl (C=O) groups excluding carboxylic acids is 2. The van der Waals surface area contributed by atoms with Crippen LogP contribution in [-0.4, -0.2) is 81.4 Å². The molecule has 0 aromatic carbocycles. The largest absolute Gasteiger partial charge is 0.465 e. The number of nitrogens with zero attached hydrogens (tertiary/aromatic N) is 5. The van der Waals surface area contributed by atoms with Crippen LogP contribution in [0.3, 0.4) is 0 Å². The third kappa shape index (κ3) is 5.58. The second-order valence-electron chi connectivity index (χ2n) is 10.1. The number of hydrogen-bond acceptors (Lipinski definition) is 6. The lowest BCUT2D eigenvalue weighted by molar-refractivity contribution is -0.158. The number of aromatic nitrogens is 2. The van der Waals surface area contributed by atoms with Crippen LogP contribution < -0.4 is 20.4 Å². The lowest BCUT2D eigenvalue weighted by Gasteiger charge is -2.37. The second-order valence-corrected chi connectivity index (χ2v) is 10.1. The van der Waals surface area contributed by atoms with Gasteiger partial charge in [-0.15, -0.1) is 0 Å². The molecule has 2 bridgehead atoms. The molecule has 14 heteroatoms. The van der Waals surface area contributed by atoms with Crippen molar-refractivity contribution in [2.24, 2.45) is 0 Å². The van der Waals surface area contributed by atoms with Gasteiger partial charge in [-0.3, -0.25) is 15.0 Å². The SMILES string of the molecule is CC(C)(C)N(CC(NC(=O)c1ccc2c(n1)N(C(=O)Nc1ccccn1)[C@H]1CCN2C1)C(F)(F)F)C(=O)O. The van der Waals surface area contributed by atoms with E-state index in [0.29, 0.717) is 35.9 Å². The van der Waals surface area contributed by atoms with Crippen LogP contribution in [0.5, 0.6) is 0 Å². The van der Waals surface area contributed by atoms with Gasteiger partial charge in [0.1, 0.15) is 17.6 Å². The number of pyridine rings is 2. The number of amides is 4. The summed E-state index contributed by atoms with van der Waals surface area (Å²) < 4.78 is 41.5. The minimum Gasteiger partial charge on any atom is -0.465 e. The Morgan fingerprint density at radius 3 is 2.53 bits per heavy atom. The number of urea groups is 1. The smallest absolute Gasteiger partial charge is 0.410 e. The molecule has 3 N–H and O–H groups in total. The molecule has 1 saturated heterocycles. The molecular weight excluding hydrogens is 507 g/mol. The fourth-order valence-electron chi connectivity index (χ4n) is 4.49. The minimum atomic E-state index is -4.93. The van der Waals surface area contributed by atoms with Crippen LogP contribution >= 0.6 is 0 Å². The van der Waals surface area contributed by atoms with Gasteiger partial charge in [0.05, 0.1) is 18.3 Å². The molecule has 0 saturated carbocycles. The van der Waals surface area contributed by atoms with Crippen LogP contribution in [0, 0.1) is 0 Å². The molecule has 0 spiro atoms. The van der Waals surface area contributed by atoms with Crippen LogP contribution in [0.1, 0.15) is 37.7 Å². The first-order valence-electron chi connectivity index (χ1n) is 11.9. The highest BCUT2D eigenvalue weighted by molar-refractivity contribution is 6.05. The van der Waals surface area contributed by atoms with Crippen molar-refractivity contribution < 1.29 is 32.7 Å². The molecule has 2 aliphatic rings. The fraction of sp³-hybridized carbons (Fsp3) is 0.458. The van der Waals surface area contributed by atoms with Gasteiger partial charge in [-0.2, -0.15) is 13.2 Å². The molecule has 2 aromatic heterocycles. The van der Waals surface area contributed by atoms with Crippen molar-refractivity contribution >= 4 is 35.4 Å². The summed E-state index contributed by atoms with van der Waals surface area (Å²) in [5.74, 6) is -0.694. The van der Waals surface area contributed by atoms with Crippen LogP contribution in [-0.2, 0) is 0 Å². The van der Waals surface area contributed by atoms with Crippen molar-refractivity contribution in [3.8, 4) is 0 Å². The van der Waals surface area contributed by atoms with Crippen molar-refractivity contribution in [1.29, 1.82) is 0 Å². The van der Waals surface area contributed by atoms with Crippen LogP contribution in [0.2, 0.25) is 0 Å². The molecule has 1 fully saturated rings. The highest BCUT2D eigenvalue weighted by Gasteiger charge is 2.45. The summed E-state index contributed by atoms with van der Waals surface area (Å²) in [6.07, 6.45) is -4.32. The summed E-state index contributed by atoms with van der Waals surface area (Å²) >= 11 is 0. The minimum absolute atomic E-state index is 0.144. The zero-order chi connectivity index (χ0) is 27.8. The summed E-state index contributed by atoms with van der Waals surface area (Å²) in [6.45, 7) is 4.55. The quantitative estimate of drug-likeness (QED) is 0.534. The molecule has 4 heterocycles. The van der Waals surface area contributed by atoms with Gasteiger partial charge in [0.25, 0.3) is 5.91 Å². The Hall–Kier alpha value is -4.10. The molecular formula is C24H28F3N7O4.